The van der Waals surface area contributed by atoms with Gasteiger partial charge in [-0.25, -0.2) is 0 Å². The lowest BCUT2D eigenvalue weighted by Gasteiger charge is -2.12. The number of carbonyl (C=O) groups is 1. The highest BCUT2D eigenvalue weighted by molar-refractivity contribution is 6.06. The number of amides is 1. The second-order valence-electron chi connectivity index (χ2n) is 5.96. The molecular weight excluding hydrogens is 364 g/mol. The molecule has 1 amide bonds. The van der Waals surface area contributed by atoms with Crippen LogP contribution >= 0.6 is 0 Å². The quantitative estimate of drug-likeness (QED) is 0.787. The number of nitrogens with zero attached hydrogens (tertiary/aromatic N) is 1. The Balaban J connectivity index is 1.67. The highest BCUT2D eigenvalue weighted by Crippen LogP contribution is 2.31. The number of nitrogens with one attached hydrogen (secondary N) is 1. The van der Waals surface area contributed by atoms with Crippen LogP contribution in [0.25, 0.3) is 0 Å². The number of anilines is 1. The molecule has 0 aromatic heterocycles. The van der Waals surface area contributed by atoms with Gasteiger partial charge in [-0.3, -0.25) is 4.79 Å². The van der Waals surface area contributed by atoms with Gasteiger partial charge in [0.05, 0.1) is 34.2 Å². The molecule has 0 saturated carbocycles. The minimum atomic E-state index is -0.726. The van der Waals surface area contributed by atoms with Crippen molar-refractivity contribution in [2.45, 2.75) is 12.5 Å². The van der Waals surface area contributed by atoms with E-state index >= 15 is 0 Å². The Morgan fingerprint density at radius 1 is 0.929 bits per heavy atom. The van der Waals surface area contributed by atoms with E-state index in [2.05, 4.69) is 10.5 Å². The van der Waals surface area contributed by atoms with E-state index in [0.29, 0.717) is 40.8 Å². The number of carbonyl (C=O) groups excluding carboxylic acids is 1. The first-order valence-corrected chi connectivity index (χ1v) is 8.57. The topological polar surface area (TPSA) is 87.6 Å². The number of ether oxygens (including phenoxy) is 4. The normalized spacial score (nSPS) is 15.3. The maximum atomic E-state index is 12.5. The van der Waals surface area contributed by atoms with Gasteiger partial charge in [0.25, 0.3) is 5.91 Å². The summed E-state index contributed by atoms with van der Waals surface area (Å²) in [5.74, 6) is 2.01. The van der Waals surface area contributed by atoms with E-state index in [-0.39, 0.29) is 5.91 Å². The predicted molar refractivity (Wildman–Crippen MR) is 104 cm³/mol. The summed E-state index contributed by atoms with van der Waals surface area (Å²) in [6, 6.07) is 10.6. The van der Waals surface area contributed by atoms with E-state index in [1.54, 1.807) is 51.7 Å². The van der Waals surface area contributed by atoms with Crippen LogP contribution in [0.3, 0.4) is 0 Å². The van der Waals surface area contributed by atoms with Crippen LogP contribution in [0.2, 0.25) is 0 Å². The average Bonchev–Trinajstić information content (AvgIpc) is 3.23. The van der Waals surface area contributed by atoms with Crippen LogP contribution in [0.15, 0.2) is 41.6 Å². The molecule has 28 heavy (non-hydrogen) atoms. The average molecular weight is 386 g/mol. The summed E-state index contributed by atoms with van der Waals surface area (Å²) in [6.45, 7) is 0. The van der Waals surface area contributed by atoms with E-state index in [0.717, 1.165) is 5.56 Å². The van der Waals surface area contributed by atoms with Crippen LogP contribution in [0.4, 0.5) is 5.69 Å². The first-order chi connectivity index (χ1) is 13.6. The molecule has 148 valence electrons. The van der Waals surface area contributed by atoms with Gasteiger partial charge in [-0.1, -0.05) is 5.16 Å². The van der Waals surface area contributed by atoms with Crippen molar-refractivity contribution in [3.63, 3.8) is 0 Å². The molecule has 0 radical (unpaired) electrons. The lowest BCUT2D eigenvalue weighted by Crippen LogP contribution is -2.28. The van der Waals surface area contributed by atoms with Crippen molar-refractivity contribution >= 4 is 17.3 Å². The molecule has 1 aliphatic heterocycles. The Morgan fingerprint density at radius 2 is 1.54 bits per heavy atom. The van der Waals surface area contributed by atoms with Crippen LogP contribution in [-0.4, -0.2) is 46.2 Å². The number of hydrogen-bond acceptors (Lipinski definition) is 7. The van der Waals surface area contributed by atoms with Gasteiger partial charge in [0, 0.05) is 23.7 Å². The van der Waals surface area contributed by atoms with E-state index in [1.807, 2.05) is 6.07 Å². The van der Waals surface area contributed by atoms with Crippen LogP contribution in [-0.2, 0) is 9.63 Å². The molecule has 0 spiro atoms. The third-order valence-corrected chi connectivity index (χ3v) is 4.33. The second-order valence-corrected chi connectivity index (χ2v) is 5.96. The van der Waals surface area contributed by atoms with Gasteiger partial charge in [-0.15, -0.1) is 0 Å². The van der Waals surface area contributed by atoms with Crippen LogP contribution in [0, 0.1) is 0 Å². The van der Waals surface area contributed by atoms with Crippen molar-refractivity contribution in [1.82, 2.24) is 0 Å². The monoisotopic (exact) mass is 386 g/mol. The molecule has 2 aromatic rings. The molecule has 0 aliphatic carbocycles. The Kier molecular flexibility index (Phi) is 5.88. The summed E-state index contributed by atoms with van der Waals surface area (Å²) in [6.07, 6.45) is -0.384. The highest BCUT2D eigenvalue weighted by Gasteiger charge is 2.29. The summed E-state index contributed by atoms with van der Waals surface area (Å²) in [5, 5.41) is 6.86. The fraction of sp³-hybridized carbons (Fsp3) is 0.300. The van der Waals surface area contributed by atoms with Crippen molar-refractivity contribution in [3.05, 3.63) is 42.0 Å². The van der Waals surface area contributed by atoms with Gasteiger partial charge >= 0.3 is 0 Å². The fourth-order valence-corrected chi connectivity index (χ4v) is 2.84. The molecule has 1 N–H and O–H groups in total. The summed E-state index contributed by atoms with van der Waals surface area (Å²) in [5.41, 5.74) is 2.04. The van der Waals surface area contributed by atoms with Gasteiger partial charge in [-0.05, 0) is 30.3 Å². The van der Waals surface area contributed by atoms with Gasteiger partial charge < -0.3 is 29.1 Å². The largest absolute Gasteiger partial charge is 0.493 e. The van der Waals surface area contributed by atoms with Crippen LogP contribution in [0.1, 0.15) is 12.0 Å². The summed E-state index contributed by atoms with van der Waals surface area (Å²) < 4.78 is 21.0. The minimum Gasteiger partial charge on any atom is -0.493 e. The van der Waals surface area contributed by atoms with Gasteiger partial charge in [0.1, 0.15) is 0 Å². The number of benzene rings is 2. The van der Waals surface area contributed by atoms with Crippen molar-refractivity contribution in [2.75, 3.05) is 33.8 Å². The van der Waals surface area contributed by atoms with Gasteiger partial charge in [0.15, 0.2) is 23.0 Å². The molecule has 8 nitrogen and oxygen atoms in total. The van der Waals surface area contributed by atoms with E-state index < -0.39 is 6.10 Å². The molecule has 3 rings (SSSR count). The maximum Gasteiger partial charge on any atom is 0.268 e. The van der Waals surface area contributed by atoms with E-state index in [4.69, 9.17) is 23.8 Å². The first-order valence-electron chi connectivity index (χ1n) is 8.57. The molecule has 1 aliphatic rings. The molecule has 1 heterocycles. The highest BCUT2D eigenvalue weighted by atomic mass is 16.6. The third kappa shape index (κ3) is 3.95. The van der Waals surface area contributed by atoms with Crippen molar-refractivity contribution in [1.29, 1.82) is 0 Å². The molecule has 0 unspecified atom stereocenters. The zero-order chi connectivity index (χ0) is 20.1. The Bertz CT molecular complexity index is 896. The lowest BCUT2D eigenvalue weighted by atomic mass is 10.0. The van der Waals surface area contributed by atoms with Gasteiger partial charge in [-0.2, -0.15) is 0 Å². The number of hydrogen-bond donors (Lipinski definition) is 1. The zero-order valence-electron chi connectivity index (χ0n) is 16.1. The zero-order valence-corrected chi connectivity index (χ0v) is 16.1. The summed E-state index contributed by atoms with van der Waals surface area (Å²) in [7, 11) is 6.22. The van der Waals surface area contributed by atoms with E-state index in [9.17, 15) is 4.79 Å². The summed E-state index contributed by atoms with van der Waals surface area (Å²) >= 11 is 0. The fourth-order valence-electron chi connectivity index (χ4n) is 2.84. The maximum absolute atomic E-state index is 12.5. The third-order valence-electron chi connectivity index (χ3n) is 4.33. The standard InChI is InChI=1S/C20H22N2O6/c1-24-15-7-5-12(9-17(15)26-3)14-11-19(28-22-14)20(23)21-13-6-8-16(25-2)18(10-13)27-4/h5-10,19H,11H2,1-4H3,(H,21,23)/t19-/m0/s1. The van der Waals surface area contributed by atoms with Crippen LogP contribution in [0.5, 0.6) is 23.0 Å². The smallest absolute Gasteiger partial charge is 0.268 e. The Labute approximate surface area is 163 Å². The lowest BCUT2D eigenvalue weighted by molar-refractivity contribution is -0.125. The molecule has 1 atom stereocenters. The number of oxime groups is 1. The van der Waals surface area contributed by atoms with Crippen LogP contribution < -0.4 is 24.3 Å². The molecule has 0 fully saturated rings. The minimum absolute atomic E-state index is 0.300. The molecule has 2 aromatic carbocycles. The van der Waals surface area contributed by atoms with Crippen molar-refractivity contribution in [3.8, 4) is 23.0 Å². The van der Waals surface area contributed by atoms with Gasteiger partial charge in [0.2, 0.25) is 6.10 Å². The SMILES string of the molecule is COc1ccc(NC(=O)[C@@H]2CC(c3ccc(OC)c(OC)c3)=NO2)cc1OC. The van der Waals surface area contributed by atoms with Crippen molar-refractivity contribution < 1.29 is 28.6 Å². The number of rotatable bonds is 7. The summed E-state index contributed by atoms with van der Waals surface area (Å²) in [4.78, 5) is 17.9. The van der Waals surface area contributed by atoms with E-state index in [1.165, 1.54) is 7.11 Å². The molecule has 8 heteroatoms. The number of methoxy groups -OCH3 is 4. The molecular formula is C20H22N2O6. The Morgan fingerprint density at radius 3 is 2.18 bits per heavy atom. The predicted octanol–water partition coefficient (Wildman–Crippen LogP) is 2.85. The molecule has 0 bridgehead atoms. The first kappa shape index (κ1) is 19.3. The Hall–Kier alpha value is -3.42. The second kappa shape index (κ2) is 8.51. The van der Waals surface area contributed by atoms with Crippen molar-refractivity contribution in [2.24, 2.45) is 5.16 Å². The molecule has 0 saturated heterocycles.